The second-order valence-corrected chi connectivity index (χ2v) is 4.15. The molecule has 18 heavy (non-hydrogen) atoms. The van der Waals surface area contributed by atoms with Crippen molar-refractivity contribution in [2.24, 2.45) is 0 Å². The van der Waals surface area contributed by atoms with Crippen LogP contribution in [-0.2, 0) is 0 Å². The maximum absolute atomic E-state index is 12.9. The summed E-state index contributed by atoms with van der Waals surface area (Å²) in [7, 11) is 0. The molecule has 0 radical (unpaired) electrons. The Hall–Kier alpha value is -1.94. The zero-order valence-electron chi connectivity index (χ0n) is 9.58. The molecule has 0 saturated heterocycles. The Morgan fingerprint density at radius 2 is 2.11 bits per heavy atom. The molecule has 0 unspecified atom stereocenters. The minimum Gasteiger partial charge on any atom is -0.320 e. The first kappa shape index (κ1) is 12.5. The van der Waals surface area contributed by atoms with E-state index in [1.54, 1.807) is 25.1 Å². The molecular weight excluding hydrogens is 255 g/mol. The Morgan fingerprint density at radius 1 is 1.33 bits per heavy atom. The lowest BCUT2D eigenvalue weighted by Crippen LogP contribution is -2.14. The SMILES string of the molecule is Cc1cc(F)ccc1NC(=O)c1cccc(Cl)n1. The number of rotatable bonds is 2. The molecule has 1 aromatic carbocycles. The molecule has 1 aromatic heterocycles. The Bertz CT molecular complexity index is 601. The normalized spacial score (nSPS) is 10.2. The van der Waals surface area contributed by atoms with E-state index in [0.29, 0.717) is 11.3 Å². The van der Waals surface area contributed by atoms with E-state index in [2.05, 4.69) is 10.3 Å². The van der Waals surface area contributed by atoms with Gasteiger partial charge in [0.05, 0.1) is 0 Å². The van der Waals surface area contributed by atoms with Gasteiger partial charge in [0.25, 0.3) is 5.91 Å². The third-order valence-corrected chi connectivity index (χ3v) is 2.59. The molecule has 0 saturated carbocycles. The van der Waals surface area contributed by atoms with E-state index in [1.165, 1.54) is 18.2 Å². The summed E-state index contributed by atoms with van der Waals surface area (Å²) in [6.45, 7) is 1.71. The van der Waals surface area contributed by atoms with E-state index >= 15 is 0 Å². The average Bonchev–Trinajstić information content (AvgIpc) is 2.32. The van der Waals surface area contributed by atoms with Crippen LogP contribution in [0.15, 0.2) is 36.4 Å². The van der Waals surface area contributed by atoms with Crippen molar-refractivity contribution >= 4 is 23.2 Å². The van der Waals surface area contributed by atoms with Crippen molar-refractivity contribution in [3.05, 3.63) is 58.6 Å². The highest BCUT2D eigenvalue weighted by Gasteiger charge is 2.09. The Balaban J connectivity index is 2.21. The Kier molecular flexibility index (Phi) is 3.58. The van der Waals surface area contributed by atoms with Crippen LogP contribution >= 0.6 is 11.6 Å². The molecule has 1 amide bonds. The number of carbonyl (C=O) groups is 1. The standard InChI is InChI=1S/C13H10ClFN2O/c1-8-7-9(15)5-6-10(8)17-13(18)11-3-2-4-12(14)16-11/h2-7H,1H3,(H,17,18). The molecule has 0 spiro atoms. The van der Waals surface area contributed by atoms with Gasteiger partial charge >= 0.3 is 0 Å². The van der Waals surface area contributed by atoms with Crippen molar-refractivity contribution in [3.8, 4) is 0 Å². The number of nitrogens with zero attached hydrogens (tertiary/aromatic N) is 1. The van der Waals surface area contributed by atoms with E-state index in [0.717, 1.165) is 0 Å². The molecule has 0 atom stereocenters. The molecule has 0 aliphatic heterocycles. The number of halogens is 2. The summed E-state index contributed by atoms with van der Waals surface area (Å²) < 4.78 is 12.9. The molecule has 0 aliphatic carbocycles. The van der Waals surface area contributed by atoms with Crippen molar-refractivity contribution in [1.82, 2.24) is 4.98 Å². The van der Waals surface area contributed by atoms with Crippen LogP contribution in [0.2, 0.25) is 5.15 Å². The highest BCUT2D eigenvalue weighted by atomic mass is 35.5. The van der Waals surface area contributed by atoms with Gasteiger partial charge in [-0.2, -0.15) is 0 Å². The van der Waals surface area contributed by atoms with Crippen LogP contribution in [-0.4, -0.2) is 10.9 Å². The topological polar surface area (TPSA) is 42.0 Å². The number of aryl methyl sites for hydroxylation is 1. The maximum Gasteiger partial charge on any atom is 0.274 e. The smallest absolute Gasteiger partial charge is 0.274 e. The van der Waals surface area contributed by atoms with Crippen molar-refractivity contribution in [2.75, 3.05) is 5.32 Å². The van der Waals surface area contributed by atoms with Gasteiger partial charge in [0, 0.05) is 5.69 Å². The lowest BCUT2D eigenvalue weighted by atomic mass is 10.2. The number of amides is 1. The summed E-state index contributed by atoms with van der Waals surface area (Å²) in [5.74, 6) is -0.724. The molecule has 92 valence electrons. The number of pyridine rings is 1. The zero-order chi connectivity index (χ0) is 13.1. The van der Waals surface area contributed by atoms with Crippen LogP contribution < -0.4 is 5.32 Å². The number of anilines is 1. The number of nitrogens with one attached hydrogen (secondary N) is 1. The van der Waals surface area contributed by atoms with Crippen LogP contribution in [0.25, 0.3) is 0 Å². The third kappa shape index (κ3) is 2.84. The first-order valence-corrected chi connectivity index (χ1v) is 5.64. The quantitative estimate of drug-likeness (QED) is 0.845. The molecule has 2 rings (SSSR count). The monoisotopic (exact) mass is 264 g/mol. The molecule has 3 nitrogen and oxygen atoms in total. The largest absolute Gasteiger partial charge is 0.320 e. The minimum atomic E-state index is -0.382. The van der Waals surface area contributed by atoms with Gasteiger partial charge in [-0.1, -0.05) is 17.7 Å². The summed E-state index contributed by atoms with van der Waals surface area (Å²) in [5.41, 5.74) is 1.40. The van der Waals surface area contributed by atoms with Crippen molar-refractivity contribution < 1.29 is 9.18 Å². The minimum absolute atomic E-state index is 0.214. The van der Waals surface area contributed by atoms with E-state index in [1.807, 2.05) is 0 Å². The summed E-state index contributed by atoms with van der Waals surface area (Å²) in [6.07, 6.45) is 0. The van der Waals surface area contributed by atoms with Gasteiger partial charge in [0.2, 0.25) is 0 Å². The molecule has 0 fully saturated rings. The van der Waals surface area contributed by atoms with E-state index in [4.69, 9.17) is 11.6 Å². The summed E-state index contributed by atoms with van der Waals surface area (Å²) >= 11 is 5.70. The van der Waals surface area contributed by atoms with Gasteiger partial charge in [0.1, 0.15) is 16.7 Å². The van der Waals surface area contributed by atoms with Gasteiger partial charge in [-0.25, -0.2) is 9.37 Å². The zero-order valence-corrected chi connectivity index (χ0v) is 10.3. The fourth-order valence-corrected chi connectivity index (χ4v) is 1.65. The van der Waals surface area contributed by atoms with Gasteiger partial charge in [-0.3, -0.25) is 4.79 Å². The molecule has 5 heteroatoms. The number of hydrogen-bond donors (Lipinski definition) is 1. The Labute approximate surface area is 109 Å². The first-order valence-electron chi connectivity index (χ1n) is 5.26. The second-order valence-electron chi connectivity index (χ2n) is 3.76. The van der Waals surface area contributed by atoms with Crippen LogP contribution in [0, 0.1) is 12.7 Å². The Morgan fingerprint density at radius 3 is 2.78 bits per heavy atom. The van der Waals surface area contributed by atoms with Crippen molar-refractivity contribution in [3.63, 3.8) is 0 Å². The van der Waals surface area contributed by atoms with E-state index < -0.39 is 0 Å². The van der Waals surface area contributed by atoms with Crippen LogP contribution in [0.1, 0.15) is 16.1 Å². The molecule has 0 aliphatic rings. The number of aromatic nitrogens is 1. The molecular formula is C13H10ClFN2O. The fourth-order valence-electron chi connectivity index (χ4n) is 1.49. The molecule has 1 N–H and O–H groups in total. The lowest BCUT2D eigenvalue weighted by Gasteiger charge is -2.07. The van der Waals surface area contributed by atoms with Gasteiger partial charge in [0.15, 0.2) is 0 Å². The van der Waals surface area contributed by atoms with Crippen LogP contribution in [0.4, 0.5) is 10.1 Å². The average molecular weight is 265 g/mol. The highest BCUT2D eigenvalue weighted by molar-refractivity contribution is 6.29. The maximum atomic E-state index is 12.9. The highest BCUT2D eigenvalue weighted by Crippen LogP contribution is 2.16. The fraction of sp³-hybridized carbons (Fsp3) is 0.0769. The summed E-state index contributed by atoms with van der Waals surface area (Å²) in [5, 5.41) is 2.90. The van der Waals surface area contributed by atoms with Crippen molar-refractivity contribution in [1.29, 1.82) is 0 Å². The summed E-state index contributed by atoms with van der Waals surface area (Å²) in [6, 6.07) is 8.92. The van der Waals surface area contributed by atoms with E-state index in [-0.39, 0.29) is 22.6 Å². The third-order valence-electron chi connectivity index (χ3n) is 2.38. The lowest BCUT2D eigenvalue weighted by molar-refractivity contribution is 0.102. The molecule has 2 aromatic rings. The summed E-state index contributed by atoms with van der Waals surface area (Å²) in [4.78, 5) is 15.8. The van der Waals surface area contributed by atoms with Crippen LogP contribution in [0.3, 0.4) is 0 Å². The number of carbonyl (C=O) groups excluding carboxylic acids is 1. The molecule has 1 heterocycles. The predicted octanol–water partition coefficient (Wildman–Crippen LogP) is 3.43. The predicted molar refractivity (Wildman–Crippen MR) is 68.3 cm³/mol. The van der Waals surface area contributed by atoms with Crippen molar-refractivity contribution in [2.45, 2.75) is 6.92 Å². The first-order chi connectivity index (χ1) is 8.56. The van der Waals surface area contributed by atoms with Crippen LogP contribution in [0.5, 0.6) is 0 Å². The molecule has 0 bridgehead atoms. The van der Waals surface area contributed by atoms with E-state index in [9.17, 15) is 9.18 Å². The van der Waals surface area contributed by atoms with Gasteiger partial charge in [-0.05, 0) is 42.8 Å². The van der Waals surface area contributed by atoms with Gasteiger partial charge in [-0.15, -0.1) is 0 Å². The second kappa shape index (κ2) is 5.14. The number of benzene rings is 1. The number of hydrogen-bond acceptors (Lipinski definition) is 2. The van der Waals surface area contributed by atoms with Gasteiger partial charge < -0.3 is 5.32 Å².